The molecule has 0 saturated heterocycles. The lowest BCUT2D eigenvalue weighted by Crippen LogP contribution is -2.41. The number of hydrogen-bond donors (Lipinski definition) is 0. The molecule has 0 N–H and O–H groups in total. The molecule has 0 saturated carbocycles. The number of rotatable bonds is 6. The molecular formula is C15H19BrO4. The van der Waals surface area contributed by atoms with E-state index in [4.69, 9.17) is 9.47 Å². The summed E-state index contributed by atoms with van der Waals surface area (Å²) in [7, 11) is 2.53. The number of halogens is 1. The first-order valence-electron chi connectivity index (χ1n) is 6.26. The van der Waals surface area contributed by atoms with Crippen molar-refractivity contribution in [2.24, 2.45) is 5.41 Å². The molecule has 1 rings (SSSR count). The zero-order valence-corrected chi connectivity index (χ0v) is 13.4. The fourth-order valence-electron chi connectivity index (χ4n) is 2.41. The lowest BCUT2D eigenvalue weighted by molar-refractivity contribution is -0.168. The summed E-state index contributed by atoms with van der Waals surface area (Å²) in [6, 6.07) is 0. The van der Waals surface area contributed by atoms with Crippen LogP contribution in [-0.2, 0) is 19.1 Å². The number of methoxy groups -OCH3 is 2. The third kappa shape index (κ3) is 3.03. The highest BCUT2D eigenvalue weighted by Gasteiger charge is 2.48. The van der Waals surface area contributed by atoms with Crippen molar-refractivity contribution < 1.29 is 19.1 Å². The fraction of sp³-hybridized carbons (Fsp3) is 0.467. The summed E-state index contributed by atoms with van der Waals surface area (Å²) in [5.41, 5.74) is 0.583. The Balaban J connectivity index is 3.22. The van der Waals surface area contributed by atoms with Crippen molar-refractivity contribution in [3.63, 3.8) is 0 Å². The summed E-state index contributed by atoms with van der Waals surface area (Å²) < 4.78 is 10.5. The van der Waals surface area contributed by atoms with Gasteiger partial charge in [0.1, 0.15) is 0 Å². The second kappa shape index (κ2) is 6.88. The van der Waals surface area contributed by atoms with Crippen molar-refractivity contribution in [3.05, 3.63) is 34.9 Å². The normalized spacial score (nSPS) is 15.2. The maximum absolute atomic E-state index is 12.2. The fourth-order valence-corrected chi connectivity index (χ4v) is 2.94. The van der Waals surface area contributed by atoms with Gasteiger partial charge >= 0.3 is 11.9 Å². The predicted molar refractivity (Wildman–Crippen MR) is 80.2 cm³/mol. The molecule has 1 aliphatic carbocycles. The average molecular weight is 343 g/mol. The molecule has 4 nitrogen and oxygen atoms in total. The van der Waals surface area contributed by atoms with E-state index in [0.29, 0.717) is 0 Å². The number of allylic oxidation sites excluding steroid dienone is 4. The van der Waals surface area contributed by atoms with Gasteiger partial charge in [0.2, 0.25) is 0 Å². The zero-order valence-electron chi connectivity index (χ0n) is 11.8. The number of ether oxygens (including phenoxy) is 2. The maximum atomic E-state index is 12.2. The van der Waals surface area contributed by atoms with Crippen molar-refractivity contribution >= 4 is 27.9 Å². The standard InChI is InChI=1S/C15H19BrO4/c1-5-8-15(13(17)19-3,14(18)20-4)9-11-7-6-10(2)12(11)16/h5H,1-2,6-9H2,3-4H3. The molecule has 20 heavy (non-hydrogen) atoms. The van der Waals surface area contributed by atoms with Gasteiger partial charge in [-0.1, -0.05) is 34.2 Å². The Kier molecular flexibility index (Phi) is 5.74. The van der Waals surface area contributed by atoms with Crippen molar-refractivity contribution in [1.82, 2.24) is 0 Å². The first kappa shape index (κ1) is 16.7. The van der Waals surface area contributed by atoms with Crippen LogP contribution in [-0.4, -0.2) is 26.2 Å². The van der Waals surface area contributed by atoms with Crippen LogP contribution in [0, 0.1) is 5.41 Å². The molecule has 0 aromatic heterocycles. The van der Waals surface area contributed by atoms with Crippen LogP contribution in [0.4, 0.5) is 0 Å². The SMILES string of the molecule is C=CCC(CC1=C(Br)C(=C)CC1)(C(=O)OC)C(=O)OC. The van der Waals surface area contributed by atoms with Crippen LogP contribution in [0.1, 0.15) is 25.7 Å². The molecule has 110 valence electrons. The minimum absolute atomic E-state index is 0.169. The molecule has 0 atom stereocenters. The Morgan fingerprint density at radius 3 is 2.20 bits per heavy atom. The van der Waals surface area contributed by atoms with Gasteiger partial charge in [-0.15, -0.1) is 6.58 Å². The third-order valence-corrected chi connectivity index (χ3v) is 4.63. The van der Waals surface area contributed by atoms with Crippen LogP contribution in [0.15, 0.2) is 34.9 Å². The first-order chi connectivity index (χ1) is 9.42. The third-order valence-electron chi connectivity index (χ3n) is 3.51. The summed E-state index contributed by atoms with van der Waals surface area (Å²) in [5.74, 6) is -1.20. The van der Waals surface area contributed by atoms with Gasteiger partial charge in [0.15, 0.2) is 5.41 Å². The van der Waals surface area contributed by atoms with E-state index in [1.54, 1.807) is 0 Å². The lowest BCUT2D eigenvalue weighted by Gasteiger charge is -2.27. The smallest absolute Gasteiger partial charge is 0.323 e. The van der Waals surface area contributed by atoms with E-state index in [2.05, 4.69) is 29.1 Å². The topological polar surface area (TPSA) is 52.6 Å². The molecule has 0 amide bonds. The molecule has 0 bridgehead atoms. The molecule has 0 heterocycles. The van der Waals surface area contributed by atoms with Crippen LogP contribution in [0.25, 0.3) is 0 Å². The lowest BCUT2D eigenvalue weighted by atomic mass is 9.78. The molecule has 0 radical (unpaired) electrons. The Morgan fingerprint density at radius 1 is 1.30 bits per heavy atom. The van der Waals surface area contributed by atoms with E-state index in [1.807, 2.05) is 0 Å². The molecular weight excluding hydrogens is 324 g/mol. The van der Waals surface area contributed by atoms with Gasteiger partial charge in [-0.3, -0.25) is 9.59 Å². The molecule has 0 aromatic rings. The summed E-state index contributed by atoms with van der Waals surface area (Å²) in [6.45, 7) is 7.56. The first-order valence-corrected chi connectivity index (χ1v) is 7.05. The van der Waals surface area contributed by atoms with Gasteiger partial charge in [-0.25, -0.2) is 0 Å². The maximum Gasteiger partial charge on any atom is 0.323 e. The van der Waals surface area contributed by atoms with E-state index in [-0.39, 0.29) is 12.8 Å². The highest BCUT2D eigenvalue weighted by Crippen LogP contribution is 2.43. The average Bonchev–Trinajstić information content (AvgIpc) is 2.76. The van der Waals surface area contributed by atoms with Crippen molar-refractivity contribution in [2.75, 3.05) is 14.2 Å². The van der Waals surface area contributed by atoms with Crippen molar-refractivity contribution in [3.8, 4) is 0 Å². The van der Waals surface area contributed by atoms with E-state index in [0.717, 1.165) is 28.5 Å². The summed E-state index contributed by atoms with van der Waals surface area (Å²) in [4.78, 5) is 24.3. The van der Waals surface area contributed by atoms with Gasteiger partial charge < -0.3 is 9.47 Å². The second-order valence-corrected chi connectivity index (χ2v) is 5.55. The summed E-state index contributed by atoms with van der Waals surface area (Å²) in [6.07, 6.45) is 3.54. The molecule has 0 spiro atoms. The Hall–Kier alpha value is -1.36. The van der Waals surface area contributed by atoms with Gasteiger partial charge in [-0.05, 0) is 31.3 Å². The van der Waals surface area contributed by atoms with E-state index < -0.39 is 17.4 Å². The minimum atomic E-state index is -1.37. The van der Waals surface area contributed by atoms with Crippen LogP contribution in [0.2, 0.25) is 0 Å². The monoisotopic (exact) mass is 342 g/mol. The van der Waals surface area contributed by atoms with Crippen LogP contribution in [0.5, 0.6) is 0 Å². The molecule has 0 fully saturated rings. The molecule has 0 aromatic carbocycles. The van der Waals surface area contributed by atoms with E-state index >= 15 is 0 Å². The second-order valence-electron chi connectivity index (χ2n) is 4.76. The van der Waals surface area contributed by atoms with Gasteiger partial charge in [-0.2, -0.15) is 0 Å². The number of carbonyl (C=O) groups is 2. The van der Waals surface area contributed by atoms with Gasteiger partial charge in [0.05, 0.1) is 14.2 Å². The highest BCUT2D eigenvalue weighted by atomic mass is 79.9. The van der Waals surface area contributed by atoms with Crippen LogP contribution in [0.3, 0.4) is 0 Å². The van der Waals surface area contributed by atoms with E-state index in [1.165, 1.54) is 20.3 Å². The number of hydrogen-bond acceptors (Lipinski definition) is 4. The quantitative estimate of drug-likeness (QED) is 0.422. The molecule has 0 aliphatic heterocycles. The van der Waals surface area contributed by atoms with Crippen molar-refractivity contribution in [1.29, 1.82) is 0 Å². The Morgan fingerprint density at radius 2 is 1.85 bits per heavy atom. The van der Waals surface area contributed by atoms with Gasteiger partial charge in [0, 0.05) is 4.48 Å². The Labute approximate surface area is 127 Å². The van der Waals surface area contributed by atoms with Gasteiger partial charge in [0.25, 0.3) is 0 Å². The highest BCUT2D eigenvalue weighted by molar-refractivity contribution is 9.12. The number of carbonyl (C=O) groups excluding carboxylic acids is 2. The predicted octanol–water partition coefficient (Wildman–Crippen LogP) is 3.28. The summed E-state index contributed by atoms with van der Waals surface area (Å²) >= 11 is 3.47. The molecule has 0 unspecified atom stereocenters. The largest absolute Gasteiger partial charge is 0.468 e. The van der Waals surface area contributed by atoms with Crippen LogP contribution < -0.4 is 0 Å². The minimum Gasteiger partial charge on any atom is -0.468 e. The zero-order chi connectivity index (χ0) is 15.3. The molecule has 1 aliphatic rings. The van der Waals surface area contributed by atoms with Crippen LogP contribution >= 0.6 is 15.9 Å². The van der Waals surface area contributed by atoms with E-state index in [9.17, 15) is 9.59 Å². The number of esters is 2. The molecule has 5 heteroatoms. The summed E-state index contributed by atoms with van der Waals surface area (Å²) in [5, 5.41) is 0. The Bertz CT molecular complexity index is 460. The van der Waals surface area contributed by atoms with Crippen molar-refractivity contribution in [2.45, 2.75) is 25.7 Å².